The van der Waals surface area contributed by atoms with Crippen LogP contribution in [0.25, 0.3) is 0 Å². The summed E-state index contributed by atoms with van der Waals surface area (Å²) in [5.74, 6) is -0.321. The number of nitrogens with one attached hydrogen (secondary N) is 2. The van der Waals surface area contributed by atoms with Gasteiger partial charge >= 0.3 is 0 Å². The quantitative estimate of drug-likeness (QED) is 0.147. The Morgan fingerprint density at radius 2 is 1.97 bits per heavy atom. The Morgan fingerprint density at radius 3 is 2.58 bits per heavy atom. The zero-order valence-electron chi connectivity index (χ0n) is 20.6. The van der Waals surface area contributed by atoms with Gasteiger partial charge in [0.15, 0.2) is 17.2 Å². The Kier molecular flexibility index (Phi) is 8.04. The molecule has 1 aromatic heterocycles. The normalized spacial score (nSPS) is 16.9. The minimum Gasteiger partial charge on any atom is -0.593 e. The molecule has 10 heteroatoms. The standard InChI is InChI=1S/C28H28F2N4O2S2/c29-23-8-7-19(13-21(23)18-2-1-3-18)27(31)22(10-17-6-9-26(38(32)36)24(30)11-17)25(12-16-4-5-16)34-28-33-20(14-35)15-37-28/h6-9,11,13-16,18,31H,1-5,10,12,32H2,(H,33,34)/b25-22-,31-27?. The molecule has 1 unspecified atom stereocenters. The number of halogens is 2. The molecule has 1 heterocycles. The summed E-state index contributed by atoms with van der Waals surface area (Å²) in [7, 11) is 0. The maximum atomic E-state index is 14.7. The van der Waals surface area contributed by atoms with Gasteiger partial charge in [-0.2, -0.15) is 0 Å². The number of carbonyl (C=O) groups is 1. The SMILES string of the molecule is N=C(/C(Cc1ccc([S+](N)[O-])c(F)c1)=C(/CC1CC1)Nc1nc(C=O)cs1)c1ccc(F)c(C2CCC2)c1. The highest BCUT2D eigenvalue weighted by atomic mass is 32.2. The number of nitrogens with zero attached hydrogens (tertiary/aromatic N) is 1. The van der Waals surface area contributed by atoms with Gasteiger partial charge in [-0.1, -0.05) is 12.5 Å². The fourth-order valence-electron chi connectivity index (χ4n) is 4.66. The molecule has 4 N–H and O–H groups in total. The second-order valence-electron chi connectivity index (χ2n) is 9.90. The van der Waals surface area contributed by atoms with Crippen molar-refractivity contribution in [3.63, 3.8) is 0 Å². The molecule has 0 aliphatic heterocycles. The lowest BCUT2D eigenvalue weighted by Crippen LogP contribution is -2.17. The van der Waals surface area contributed by atoms with Gasteiger partial charge in [-0.25, -0.2) is 13.8 Å². The van der Waals surface area contributed by atoms with E-state index in [-0.39, 0.29) is 28.8 Å². The molecule has 0 amide bonds. The van der Waals surface area contributed by atoms with Gasteiger partial charge in [0.2, 0.25) is 4.90 Å². The molecular weight excluding hydrogens is 526 g/mol. The van der Waals surface area contributed by atoms with E-state index in [0.29, 0.717) is 51.7 Å². The molecule has 0 spiro atoms. The average Bonchev–Trinajstić information content (AvgIpc) is 3.56. The van der Waals surface area contributed by atoms with Gasteiger partial charge in [0.1, 0.15) is 11.5 Å². The van der Waals surface area contributed by atoms with Crippen LogP contribution >= 0.6 is 11.3 Å². The van der Waals surface area contributed by atoms with Crippen LogP contribution in [-0.2, 0) is 17.8 Å². The van der Waals surface area contributed by atoms with Crippen molar-refractivity contribution in [2.75, 3.05) is 5.32 Å². The van der Waals surface area contributed by atoms with Crippen molar-refractivity contribution in [3.05, 3.63) is 87.1 Å². The Hall–Kier alpha value is -2.92. The van der Waals surface area contributed by atoms with E-state index in [1.54, 1.807) is 23.6 Å². The molecule has 2 aliphatic carbocycles. The Bertz CT molecular complexity index is 1400. The van der Waals surface area contributed by atoms with Crippen molar-refractivity contribution in [1.29, 1.82) is 5.41 Å². The largest absolute Gasteiger partial charge is 0.593 e. The van der Waals surface area contributed by atoms with Crippen LogP contribution in [0.1, 0.15) is 71.6 Å². The zero-order valence-corrected chi connectivity index (χ0v) is 22.3. The van der Waals surface area contributed by atoms with E-state index in [1.165, 1.54) is 29.5 Å². The van der Waals surface area contributed by atoms with E-state index in [1.807, 2.05) is 0 Å². The Balaban J connectivity index is 1.57. The lowest BCUT2D eigenvalue weighted by atomic mass is 9.79. The third kappa shape index (κ3) is 6.04. The molecule has 38 heavy (non-hydrogen) atoms. The van der Waals surface area contributed by atoms with Crippen molar-refractivity contribution >= 4 is 39.8 Å². The van der Waals surface area contributed by atoms with Crippen LogP contribution in [0.4, 0.5) is 13.9 Å². The van der Waals surface area contributed by atoms with Crippen molar-refractivity contribution < 1.29 is 18.1 Å². The smallest absolute Gasteiger partial charge is 0.209 e. The molecule has 0 radical (unpaired) electrons. The number of hydrogen-bond donors (Lipinski definition) is 3. The first kappa shape index (κ1) is 26.7. The van der Waals surface area contributed by atoms with Crippen LogP contribution in [0.3, 0.4) is 0 Å². The molecule has 2 aromatic carbocycles. The average molecular weight is 555 g/mol. The maximum Gasteiger partial charge on any atom is 0.209 e. The second kappa shape index (κ2) is 11.4. The van der Waals surface area contributed by atoms with Crippen LogP contribution in [-0.4, -0.2) is 21.5 Å². The molecule has 5 rings (SSSR count). The first-order valence-electron chi connectivity index (χ1n) is 12.6. The third-order valence-corrected chi connectivity index (χ3v) is 8.72. The van der Waals surface area contributed by atoms with Crippen LogP contribution in [0, 0.1) is 23.0 Å². The third-order valence-electron chi connectivity index (χ3n) is 7.18. The number of aldehydes is 1. The van der Waals surface area contributed by atoms with E-state index in [9.17, 15) is 23.5 Å². The van der Waals surface area contributed by atoms with Gasteiger partial charge in [0, 0.05) is 28.6 Å². The summed E-state index contributed by atoms with van der Waals surface area (Å²) in [6.45, 7) is 0. The first-order chi connectivity index (χ1) is 18.3. The predicted molar refractivity (Wildman–Crippen MR) is 146 cm³/mol. The maximum absolute atomic E-state index is 14.7. The van der Waals surface area contributed by atoms with Gasteiger partial charge in [0.05, 0.1) is 17.1 Å². The van der Waals surface area contributed by atoms with Gasteiger partial charge < -0.3 is 9.87 Å². The topological polar surface area (TPSA) is 115 Å². The van der Waals surface area contributed by atoms with E-state index >= 15 is 0 Å². The second-order valence-corrected chi connectivity index (χ2v) is 11.8. The van der Waals surface area contributed by atoms with Gasteiger partial charge in [-0.3, -0.25) is 10.2 Å². The molecular formula is C28H28F2N4O2S2. The number of carbonyl (C=O) groups excluding carboxylic acids is 1. The minimum absolute atomic E-state index is 0.0847. The summed E-state index contributed by atoms with van der Waals surface area (Å²) in [4.78, 5) is 15.4. The lowest BCUT2D eigenvalue weighted by Gasteiger charge is -2.27. The molecule has 2 saturated carbocycles. The van der Waals surface area contributed by atoms with Crippen LogP contribution < -0.4 is 10.5 Å². The Labute approximate surface area is 227 Å². The molecule has 0 saturated heterocycles. The summed E-state index contributed by atoms with van der Waals surface area (Å²) >= 11 is -0.659. The predicted octanol–water partition coefficient (Wildman–Crippen LogP) is 6.26. The number of anilines is 1. The fourth-order valence-corrected chi connectivity index (χ4v) is 5.79. The van der Waals surface area contributed by atoms with Crippen LogP contribution in [0.2, 0.25) is 0 Å². The van der Waals surface area contributed by atoms with Crippen molar-refractivity contribution in [2.45, 2.75) is 55.8 Å². The zero-order chi connectivity index (χ0) is 26.8. The highest BCUT2D eigenvalue weighted by Crippen LogP contribution is 2.39. The molecule has 1 atom stereocenters. The number of hydrogen-bond acceptors (Lipinski definition) is 7. The summed E-state index contributed by atoms with van der Waals surface area (Å²) < 4.78 is 41.0. The van der Waals surface area contributed by atoms with E-state index in [4.69, 9.17) is 5.14 Å². The highest BCUT2D eigenvalue weighted by molar-refractivity contribution is 7.89. The van der Waals surface area contributed by atoms with Gasteiger partial charge in [0.25, 0.3) is 0 Å². The molecule has 0 bridgehead atoms. The van der Waals surface area contributed by atoms with Gasteiger partial charge in [-0.15, -0.1) is 16.5 Å². The molecule has 2 aliphatic rings. The van der Waals surface area contributed by atoms with E-state index in [2.05, 4.69) is 10.3 Å². The molecule has 198 valence electrons. The molecule has 6 nitrogen and oxygen atoms in total. The number of benzene rings is 2. The summed E-state index contributed by atoms with van der Waals surface area (Å²) in [5.41, 5.74) is 3.74. The highest BCUT2D eigenvalue weighted by Gasteiger charge is 2.28. The van der Waals surface area contributed by atoms with Crippen molar-refractivity contribution in [1.82, 2.24) is 4.98 Å². The number of rotatable bonds is 11. The minimum atomic E-state index is -1.95. The number of aromatic nitrogens is 1. The molecule has 3 aromatic rings. The van der Waals surface area contributed by atoms with Crippen LogP contribution in [0.15, 0.2) is 57.9 Å². The van der Waals surface area contributed by atoms with Crippen molar-refractivity contribution in [3.8, 4) is 0 Å². The van der Waals surface area contributed by atoms with Crippen molar-refractivity contribution in [2.24, 2.45) is 11.1 Å². The van der Waals surface area contributed by atoms with E-state index in [0.717, 1.165) is 37.8 Å². The number of allylic oxidation sites excluding steroid dienone is 2. The number of thiazole rings is 1. The van der Waals surface area contributed by atoms with Gasteiger partial charge in [-0.05, 0) is 85.4 Å². The fraction of sp³-hybridized carbons (Fsp3) is 0.321. The monoisotopic (exact) mass is 554 g/mol. The Morgan fingerprint density at radius 1 is 1.18 bits per heavy atom. The van der Waals surface area contributed by atoms with E-state index < -0.39 is 17.2 Å². The molecule has 2 fully saturated rings. The number of nitrogens with two attached hydrogens (primary N) is 1. The summed E-state index contributed by atoms with van der Waals surface area (Å²) in [5, 5.41) is 20.1. The lowest BCUT2D eigenvalue weighted by molar-refractivity contribution is 0.111. The first-order valence-corrected chi connectivity index (χ1v) is 14.6. The van der Waals surface area contributed by atoms with Crippen LogP contribution in [0.5, 0.6) is 0 Å². The summed E-state index contributed by atoms with van der Waals surface area (Å²) in [6.07, 6.45) is 6.63. The summed E-state index contributed by atoms with van der Waals surface area (Å²) in [6, 6.07) is 9.16.